The molecule has 4 N–H and O–H groups in total. The molecule has 0 heterocycles. The van der Waals surface area contributed by atoms with Crippen molar-refractivity contribution in [1.82, 2.24) is 5.32 Å². The highest BCUT2D eigenvalue weighted by atomic mass is 16.3. The summed E-state index contributed by atoms with van der Waals surface area (Å²) in [4.78, 5) is 14.1. The molecule has 0 bridgehead atoms. The predicted molar refractivity (Wildman–Crippen MR) is 80.9 cm³/mol. The van der Waals surface area contributed by atoms with Gasteiger partial charge in [-0.2, -0.15) is 0 Å². The van der Waals surface area contributed by atoms with Gasteiger partial charge in [0, 0.05) is 38.2 Å². The van der Waals surface area contributed by atoms with Crippen LogP contribution in [0.15, 0.2) is 18.2 Å². The van der Waals surface area contributed by atoms with Gasteiger partial charge in [0.1, 0.15) is 0 Å². The van der Waals surface area contributed by atoms with E-state index in [-0.39, 0.29) is 24.5 Å². The average molecular weight is 277 g/mol. The summed E-state index contributed by atoms with van der Waals surface area (Å²) < 4.78 is 0. The second-order valence-corrected chi connectivity index (χ2v) is 5.62. The summed E-state index contributed by atoms with van der Waals surface area (Å²) in [5.41, 5.74) is 8.02. The van der Waals surface area contributed by atoms with Crippen LogP contribution in [-0.4, -0.2) is 37.8 Å². The Kier molecular flexibility index (Phi) is 4.49. The molecule has 2 rings (SSSR count). The molecule has 2 unspecified atom stereocenters. The normalized spacial score (nSPS) is 21.8. The van der Waals surface area contributed by atoms with Crippen LogP contribution >= 0.6 is 0 Å². The number of nitrogens with one attached hydrogen (secondary N) is 1. The summed E-state index contributed by atoms with van der Waals surface area (Å²) >= 11 is 0. The van der Waals surface area contributed by atoms with Gasteiger partial charge in [-0.1, -0.05) is 6.42 Å². The number of nitrogen functional groups attached to an aromatic ring is 1. The molecule has 1 saturated carbocycles. The first-order valence-electron chi connectivity index (χ1n) is 7.01. The van der Waals surface area contributed by atoms with Crippen molar-refractivity contribution in [2.45, 2.75) is 25.3 Å². The lowest BCUT2D eigenvalue weighted by Gasteiger charge is -2.20. The lowest BCUT2D eigenvalue weighted by Crippen LogP contribution is -2.38. The van der Waals surface area contributed by atoms with Crippen molar-refractivity contribution >= 4 is 17.3 Å². The molecule has 110 valence electrons. The van der Waals surface area contributed by atoms with E-state index in [1.165, 1.54) is 0 Å². The highest BCUT2D eigenvalue weighted by Gasteiger charge is 2.28. The molecule has 0 saturated heterocycles. The van der Waals surface area contributed by atoms with Crippen LogP contribution in [0.1, 0.15) is 29.6 Å². The molecule has 2 atom stereocenters. The smallest absolute Gasteiger partial charge is 0.251 e. The Bertz CT molecular complexity index is 488. The number of benzene rings is 1. The fourth-order valence-electron chi connectivity index (χ4n) is 2.80. The zero-order valence-electron chi connectivity index (χ0n) is 12.1. The van der Waals surface area contributed by atoms with Gasteiger partial charge in [-0.3, -0.25) is 4.79 Å². The van der Waals surface area contributed by atoms with E-state index in [1.54, 1.807) is 12.1 Å². The number of carbonyl (C=O) groups excluding carboxylic acids is 1. The van der Waals surface area contributed by atoms with Gasteiger partial charge in [-0.25, -0.2) is 0 Å². The molecule has 0 aliphatic heterocycles. The first-order valence-corrected chi connectivity index (χ1v) is 7.01. The van der Waals surface area contributed by atoms with E-state index in [4.69, 9.17) is 5.73 Å². The third-order valence-electron chi connectivity index (χ3n) is 3.98. The Labute approximate surface area is 119 Å². The van der Waals surface area contributed by atoms with Crippen molar-refractivity contribution < 1.29 is 9.90 Å². The number of anilines is 2. The first kappa shape index (κ1) is 14.7. The fraction of sp³-hybridized carbons (Fsp3) is 0.533. The summed E-state index contributed by atoms with van der Waals surface area (Å²) in [6, 6.07) is 5.40. The largest absolute Gasteiger partial charge is 0.397 e. The van der Waals surface area contributed by atoms with E-state index in [0.717, 1.165) is 24.9 Å². The van der Waals surface area contributed by atoms with Crippen LogP contribution in [-0.2, 0) is 0 Å². The van der Waals surface area contributed by atoms with Crippen molar-refractivity contribution in [2.24, 2.45) is 5.92 Å². The molecule has 1 aromatic rings. The van der Waals surface area contributed by atoms with Gasteiger partial charge in [-0.05, 0) is 31.0 Å². The van der Waals surface area contributed by atoms with Gasteiger partial charge >= 0.3 is 0 Å². The minimum absolute atomic E-state index is 0.0715. The molecule has 5 nitrogen and oxygen atoms in total. The summed E-state index contributed by atoms with van der Waals surface area (Å²) in [5.74, 6) is 0.0599. The Balaban J connectivity index is 2.08. The quantitative estimate of drug-likeness (QED) is 0.723. The third-order valence-corrected chi connectivity index (χ3v) is 3.98. The van der Waals surface area contributed by atoms with Gasteiger partial charge in [0.25, 0.3) is 5.91 Å². The first-order chi connectivity index (χ1) is 9.52. The number of hydrogen-bond acceptors (Lipinski definition) is 4. The van der Waals surface area contributed by atoms with Crippen molar-refractivity contribution in [3.05, 3.63) is 23.8 Å². The number of nitrogens with two attached hydrogens (primary N) is 1. The Morgan fingerprint density at radius 1 is 1.45 bits per heavy atom. The Hall–Kier alpha value is -1.75. The van der Waals surface area contributed by atoms with Crippen LogP contribution in [0, 0.1) is 5.92 Å². The van der Waals surface area contributed by atoms with Crippen LogP contribution < -0.4 is 16.0 Å². The topological polar surface area (TPSA) is 78.6 Å². The molecule has 1 aromatic carbocycles. The van der Waals surface area contributed by atoms with E-state index in [1.807, 2.05) is 25.1 Å². The lowest BCUT2D eigenvalue weighted by atomic mass is 10.0. The fourth-order valence-corrected chi connectivity index (χ4v) is 2.80. The second-order valence-electron chi connectivity index (χ2n) is 5.62. The van der Waals surface area contributed by atoms with Crippen molar-refractivity contribution in [1.29, 1.82) is 0 Å². The Morgan fingerprint density at radius 2 is 2.20 bits per heavy atom. The summed E-state index contributed by atoms with van der Waals surface area (Å²) in [6.07, 6.45) is 2.96. The van der Waals surface area contributed by atoms with Crippen LogP contribution in [0.5, 0.6) is 0 Å². The SMILES string of the molecule is CN(C)c1ccc(C(=O)NC2CCCC2CO)cc1N. The van der Waals surface area contributed by atoms with Crippen molar-refractivity contribution in [3.8, 4) is 0 Å². The number of nitrogens with zero attached hydrogens (tertiary/aromatic N) is 1. The summed E-state index contributed by atoms with van der Waals surface area (Å²) in [6.45, 7) is 0.132. The molecular formula is C15H23N3O2. The molecule has 1 amide bonds. The zero-order chi connectivity index (χ0) is 14.7. The van der Waals surface area contributed by atoms with Crippen LogP contribution in [0.2, 0.25) is 0 Å². The maximum atomic E-state index is 12.2. The van der Waals surface area contributed by atoms with Gasteiger partial charge in [0.05, 0.1) is 11.4 Å². The monoisotopic (exact) mass is 277 g/mol. The molecule has 20 heavy (non-hydrogen) atoms. The van der Waals surface area contributed by atoms with Crippen LogP contribution in [0.4, 0.5) is 11.4 Å². The second kappa shape index (κ2) is 6.13. The number of aliphatic hydroxyl groups is 1. The molecule has 0 radical (unpaired) electrons. The van der Waals surface area contributed by atoms with E-state index < -0.39 is 0 Å². The van der Waals surface area contributed by atoms with E-state index in [0.29, 0.717) is 11.3 Å². The molecule has 1 fully saturated rings. The maximum Gasteiger partial charge on any atom is 0.251 e. The minimum atomic E-state index is -0.118. The number of hydrogen-bond donors (Lipinski definition) is 3. The van der Waals surface area contributed by atoms with Crippen molar-refractivity contribution in [2.75, 3.05) is 31.3 Å². The minimum Gasteiger partial charge on any atom is -0.397 e. The third kappa shape index (κ3) is 3.04. The number of aliphatic hydroxyl groups excluding tert-OH is 1. The van der Waals surface area contributed by atoms with E-state index >= 15 is 0 Å². The lowest BCUT2D eigenvalue weighted by molar-refractivity contribution is 0.0916. The maximum absolute atomic E-state index is 12.2. The van der Waals surface area contributed by atoms with E-state index in [2.05, 4.69) is 5.32 Å². The van der Waals surface area contributed by atoms with Gasteiger partial charge in [0.15, 0.2) is 0 Å². The van der Waals surface area contributed by atoms with Crippen LogP contribution in [0.25, 0.3) is 0 Å². The number of amides is 1. The molecule has 0 spiro atoms. The van der Waals surface area contributed by atoms with Gasteiger partial charge in [0.2, 0.25) is 0 Å². The van der Waals surface area contributed by atoms with E-state index in [9.17, 15) is 9.90 Å². The highest BCUT2D eigenvalue weighted by molar-refractivity contribution is 5.96. The summed E-state index contributed by atoms with van der Waals surface area (Å²) in [7, 11) is 3.83. The highest BCUT2D eigenvalue weighted by Crippen LogP contribution is 2.26. The summed E-state index contributed by atoms with van der Waals surface area (Å²) in [5, 5.41) is 12.3. The molecule has 1 aliphatic carbocycles. The van der Waals surface area contributed by atoms with Gasteiger partial charge < -0.3 is 21.1 Å². The molecule has 1 aliphatic rings. The standard InChI is InChI=1S/C15H23N3O2/c1-18(2)14-7-6-10(8-12(14)16)15(20)17-13-5-3-4-11(13)9-19/h6-8,11,13,19H,3-5,9,16H2,1-2H3,(H,17,20). The Morgan fingerprint density at radius 3 is 2.80 bits per heavy atom. The molecular weight excluding hydrogens is 254 g/mol. The zero-order valence-corrected chi connectivity index (χ0v) is 12.1. The van der Waals surface area contributed by atoms with Crippen LogP contribution in [0.3, 0.4) is 0 Å². The van der Waals surface area contributed by atoms with Crippen molar-refractivity contribution in [3.63, 3.8) is 0 Å². The molecule has 0 aromatic heterocycles. The average Bonchev–Trinajstić information content (AvgIpc) is 2.85. The van der Waals surface area contributed by atoms with Gasteiger partial charge in [-0.15, -0.1) is 0 Å². The molecule has 5 heteroatoms. The predicted octanol–water partition coefficient (Wildman–Crippen LogP) is 1.23. The number of carbonyl (C=O) groups is 1. The number of rotatable bonds is 4.